The molecule has 0 aromatic rings. The van der Waals surface area contributed by atoms with E-state index >= 15 is 0 Å². The van der Waals surface area contributed by atoms with E-state index in [1.165, 1.54) is 0 Å². The molecule has 0 rings (SSSR count). The molecule has 7 heteroatoms. The van der Waals surface area contributed by atoms with Crippen molar-refractivity contribution in [1.29, 1.82) is 0 Å². The molecule has 0 aromatic heterocycles. The van der Waals surface area contributed by atoms with Crippen molar-refractivity contribution in [3.05, 3.63) is 0 Å². The first-order chi connectivity index (χ1) is 8.61. The second kappa shape index (κ2) is 9.68. The maximum absolute atomic E-state index is 5.56. The van der Waals surface area contributed by atoms with Gasteiger partial charge >= 0.3 is 8.97 Å². The molecule has 5 nitrogen and oxygen atoms in total. The minimum Gasteiger partial charge on any atom is -0.471 e. The van der Waals surface area contributed by atoms with E-state index in [9.17, 15) is 0 Å². The number of nitrogens with zero attached hydrogens (tertiary/aromatic N) is 1. The highest BCUT2D eigenvalue weighted by atomic mass is 32.1. The molecule has 0 N–H and O–H groups in total. The van der Waals surface area contributed by atoms with Crippen LogP contribution in [0.25, 0.3) is 0 Å². The van der Waals surface area contributed by atoms with Crippen LogP contribution in [0.4, 0.5) is 0 Å². The summed E-state index contributed by atoms with van der Waals surface area (Å²) in [7, 11) is 1.76. The van der Waals surface area contributed by atoms with Crippen LogP contribution in [0.5, 0.6) is 0 Å². The van der Waals surface area contributed by atoms with Crippen LogP contribution in [0.2, 0.25) is 0 Å². The Labute approximate surface area is 117 Å². The molecule has 0 fully saturated rings. The maximum atomic E-state index is 5.56. The van der Waals surface area contributed by atoms with E-state index in [1.54, 1.807) is 25.9 Å². The molecule has 108 valence electrons. The summed E-state index contributed by atoms with van der Waals surface area (Å²) in [6.07, 6.45) is 3.28. The zero-order valence-electron chi connectivity index (χ0n) is 12.0. The third-order valence-electron chi connectivity index (χ3n) is 2.61. The summed E-state index contributed by atoms with van der Waals surface area (Å²) in [6, 6.07) is 0. The van der Waals surface area contributed by atoms with E-state index in [4.69, 9.17) is 30.2 Å². The van der Waals surface area contributed by atoms with Crippen LogP contribution in [-0.4, -0.2) is 53.2 Å². The zero-order chi connectivity index (χ0) is 14.0. The quantitative estimate of drug-likeness (QED) is 0.369. The summed E-state index contributed by atoms with van der Waals surface area (Å²) in [5, 5.41) is 0.380. The minimum absolute atomic E-state index is 0.380. The third-order valence-corrected chi connectivity index (χ3v) is 5.84. The Hall–Kier alpha value is -0.213. The molecule has 0 atom stereocenters. The fourth-order valence-corrected chi connectivity index (χ4v) is 3.99. The molecule has 0 aromatic carbocycles. The average Bonchev–Trinajstić information content (AvgIpc) is 2.41. The maximum Gasteiger partial charge on any atom is 0.635 e. The number of hydrogen-bond donors (Lipinski definition) is 0. The van der Waals surface area contributed by atoms with Gasteiger partial charge in [-0.15, -0.1) is 0 Å². The van der Waals surface area contributed by atoms with Crippen molar-refractivity contribution >= 4 is 26.4 Å². The number of hydrogen-bond acceptors (Lipinski definition) is 5. The molecular formula is C11H25NO4SSi. The Morgan fingerprint density at radius 3 is 2.00 bits per heavy atom. The molecule has 0 amide bonds. The largest absolute Gasteiger partial charge is 0.635 e. The zero-order valence-corrected chi connectivity index (χ0v) is 13.8. The van der Waals surface area contributed by atoms with Crippen molar-refractivity contribution in [3.8, 4) is 0 Å². The first-order valence-electron chi connectivity index (χ1n) is 6.21. The van der Waals surface area contributed by atoms with Gasteiger partial charge in [0.2, 0.25) is 0 Å². The van der Waals surface area contributed by atoms with E-state index in [0.29, 0.717) is 18.3 Å². The van der Waals surface area contributed by atoms with Crippen LogP contribution in [0.3, 0.4) is 0 Å². The minimum atomic E-state index is -2.91. The Morgan fingerprint density at radius 1 is 1.06 bits per heavy atom. The SMILES string of the molecule is CCCCCOC(=S)N(CC)[Si](OC)(OC)OC. The molecular weight excluding hydrogens is 270 g/mol. The van der Waals surface area contributed by atoms with Gasteiger partial charge in [0.05, 0.1) is 6.61 Å². The monoisotopic (exact) mass is 295 g/mol. The van der Waals surface area contributed by atoms with Crippen LogP contribution in [0.1, 0.15) is 33.1 Å². The number of rotatable bonds is 9. The van der Waals surface area contributed by atoms with Gasteiger partial charge in [-0.2, -0.15) is 0 Å². The van der Waals surface area contributed by atoms with E-state index in [2.05, 4.69) is 6.92 Å². The molecule has 0 bridgehead atoms. The molecule has 0 saturated heterocycles. The van der Waals surface area contributed by atoms with Crippen LogP contribution < -0.4 is 0 Å². The second-order valence-electron chi connectivity index (χ2n) is 3.70. The van der Waals surface area contributed by atoms with Gasteiger partial charge in [-0.25, -0.2) is 0 Å². The summed E-state index contributed by atoms with van der Waals surface area (Å²) in [4.78, 5) is 0. The summed E-state index contributed by atoms with van der Waals surface area (Å²) in [5.74, 6) is 0. The predicted octanol–water partition coefficient (Wildman–Crippen LogP) is 2.17. The molecule has 0 aliphatic carbocycles. The molecule has 0 spiro atoms. The van der Waals surface area contributed by atoms with Gasteiger partial charge < -0.3 is 18.0 Å². The second-order valence-corrected chi connectivity index (χ2v) is 6.86. The Morgan fingerprint density at radius 2 is 1.61 bits per heavy atom. The van der Waals surface area contributed by atoms with Crippen LogP contribution in [0.15, 0.2) is 0 Å². The van der Waals surface area contributed by atoms with Gasteiger partial charge in [-0.3, -0.25) is 4.57 Å². The Bertz CT molecular complexity index is 231. The average molecular weight is 295 g/mol. The standard InChI is InChI=1S/C11H25NO4SSi/c1-6-8-9-10-16-11(17)12(7-2)18(13-3,14-4)15-5/h6-10H2,1-5H3. The van der Waals surface area contributed by atoms with Crippen molar-refractivity contribution in [3.63, 3.8) is 0 Å². The summed E-state index contributed by atoms with van der Waals surface area (Å²) < 4.78 is 23.5. The molecule has 0 unspecified atom stereocenters. The fourth-order valence-electron chi connectivity index (χ4n) is 1.60. The van der Waals surface area contributed by atoms with Crippen LogP contribution >= 0.6 is 12.2 Å². The molecule has 0 saturated carbocycles. The van der Waals surface area contributed by atoms with Crippen LogP contribution in [-0.2, 0) is 18.0 Å². The van der Waals surface area contributed by atoms with Crippen molar-refractivity contribution in [2.75, 3.05) is 34.5 Å². The van der Waals surface area contributed by atoms with E-state index in [0.717, 1.165) is 19.3 Å². The number of ether oxygens (including phenoxy) is 1. The van der Waals surface area contributed by atoms with Crippen molar-refractivity contribution in [2.45, 2.75) is 33.1 Å². The summed E-state index contributed by atoms with van der Waals surface area (Å²) in [6.45, 7) is 5.34. The van der Waals surface area contributed by atoms with E-state index in [-0.39, 0.29) is 0 Å². The van der Waals surface area contributed by atoms with Crippen molar-refractivity contribution < 1.29 is 18.0 Å². The molecule has 0 aliphatic heterocycles. The molecule has 18 heavy (non-hydrogen) atoms. The highest BCUT2D eigenvalue weighted by molar-refractivity contribution is 7.80. The topological polar surface area (TPSA) is 40.2 Å². The van der Waals surface area contributed by atoms with Gasteiger partial charge in [-0.1, -0.05) is 19.8 Å². The predicted molar refractivity (Wildman–Crippen MR) is 77.2 cm³/mol. The first-order valence-corrected chi connectivity index (χ1v) is 8.29. The summed E-state index contributed by atoms with van der Waals surface area (Å²) >= 11 is 5.27. The van der Waals surface area contributed by atoms with Gasteiger partial charge in [0, 0.05) is 27.9 Å². The lowest BCUT2D eigenvalue weighted by atomic mass is 10.3. The lowest BCUT2D eigenvalue weighted by molar-refractivity contribution is 0.0728. The third kappa shape index (κ3) is 4.81. The van der Waals surface area contributed by atoms with E-state index in [1.807, 2.05) is 6.92 Å². The highest BCUT2D eigenvalue weighted by Crippen LogP contribution is 2.14. The highest BCUT2D eigenvalue weighted by Gasteiger charge is 2.48. The lowest BCUT2D eigenvalue weighted by Gasteiger charge is -2.35. The van der Waals surface area contributed by atoms with Gasteiger partial charge in [0.15, 0.2) is 0 Å². The number of unbranched alkanes of at least 4 members (excludes halogenated alkanes) is 2. The fraction of sp³-hybridized carbons (Fsp3) is 0.909. The molecule has 0 radical (unpaired) electrons. The number of thiocarbonyl (C=S) groups is 1. The molecule has 0 heterocycles. The van der Waals surface area contributed by atoms with Gasteiger partial charge in [0.1, 0.15) is 0 Å². The van der Waals surface area contributed by atoms with Crippen LogP contribution in [0, 0.1) is 0 Å². The lowest BCUT2D eigenvalue weighted by Crippen LogP contribution is -2.61. The van der Waals surface area contributed by atoms with Gasteiger partial charge in [-0.05, 0) is 25.6 Å². The smallest absolute Gasteiger partial charge is 0.471 e. The normalized spacial score (nSPS) is 11.4. The van der Waals surface area contributed by atoms with E-state index < -0.39 is 8.97 Å². The first kappa shape index (κ1) is 17.8. The molecule has 0 aliphatic rings. The Kier molecular flexibility index (Phi) is 9.57. The van der Waals surface area contributed by atoms with Gasteiger partial charge in [0.25, 0.3) is 5.17 Å². The van der Waals surface area contributed by atoms with Crippen molar-refractivity contribution in [1.82, 2.24) is 4.57 Å². The summed E-state index contributed by atoms with van der Waals surface area (Å²) in [5.41, 5.74) is 0. The Balaban J connectivity index is 4.49. The van der Waals surface area contributed by atoms with Crippen molar-refractivity contribution in [2.24, 2.45) is 0 Å².